The minimum Gasteiger partial charge on any atom is -0.490 e. The number of aryl methyl sites for hydroxylation is 1. The Bertz CT molecular complexity index is 392. The minimum absolute atomic E-state index is 0.413. The van der Waals surface area contributed by atoms with E-state index in [-0.39, 0.29) is 0 Å². The maximum atomic E-state index is 6.15. The molecule has 17 heavy (non-hydrogen) atoms. The van der Waals surface area contributed by atoms with Crippen molar-refractivity contribution in [2.75, 3.05) is 5.73 Å². The Kier molecular flexibility index (Phi) is 3.60. The van der Waals surface area contributed by atoms with Crippen molar-refractivity contribution >= 4 is 5.69 Å². The summed E-state index contributed by atoms with van der Waals surface area (Å²) in [5, 5.41) is 0. The molecule has 0 saturated heterocycles. The lowest BCUT2D eigenvalue weighted by Gasteiger charge is -2.20. The summed E-state index contributed by atoms with van der Waals surface area (Å²) in [4.78, 5) is 0. The van der Waals surface area contributed by atoms with Crippen LogP contribution in [0.2, 0.25) is 0 Å². The molecule has 0 aromatic heterocycles. The molecule has 0 unspecified atom stereocenters. The van der Waals surface area contributed by atoms with Gasteiger partial charge < -0.3 is 10.5 Å². The van der Waals surface area contributed by atoms with Crippen molar-refractivity contribution in [1.82, 2.24) is 0 Å². The van der Waals surface area contributed by atoms with Crippen LogP contribution >= 0.6 is 0 Å². The highest BCUT2D eigenvalue weighted by Gasteiger charge is 2.19. The summed E-state index contributed by atoms with van der Waals surface area (Å²) in [6.45, 7) is 6.41. The van der Waals surface area contributed by atoms with E-state index in [1.54, 1.807) is 0 Å². The largest absolute Gasteiger partial charge is 0.490 e. The van der Waals surface area contributed by atoms with Crippen molar-refractivity contribution in [1.29, 1.82) is 0 Å². The van der Waals surface area contributed by atoms with Crippen LogP contribution in [0.5, 0.6) is 5.75 Å². The molecule has 0 aliphatic heterocycles. The van der Waals surface area contributed by atoms with Crippen LogP contribution in [0.1, 0.15) is 56.6 Å². The summed E-state index contributed by atoms with van der Waals surface area (Å²) in [6.07, 6.45) is 5.41. The average molecular weight is 233 g/mol. The van der Waals surface area contributed by atoms with Crippen LogP contribution < -0.4 is 10.5 Å². The van der Waals surface area contributed by atoms with Crippen LogP contribution in [0.15, 0.2) is 12.1 Å². The first-order chi connectivity index (χ1) is 8.08. The van der Waals surface area contributed by atoms with Crippen molar-refractivity contribution in [3.63, 3.8) is 0 Å². The van der Waals surface area contributed by atoms with E-state index in [1.807, 2.05) is 6.92 Å². The number of nitrogen functional groups attached to an aromatic ring is 1. The molecular weight excluding hydrogens is 210 g/mol. The van der Waals surface area contributed by atoms with E-state index in [0.29, 0.717) is 12.0 Å². The van der Waals surface area contributed by atoms with Gasteiger partial charge in [0.15, 0.2) is 0 Å². The normalized spacial score (nSPS) is 16.7. The van der Waals surface area contributed by atoms with Gasteiger partial charge in [0.25, 0.3) is 0 Å². The molecule has 2 heteroatoms. The summed E-state index contributed by atoms with van der Waals surface area (Å²) in [7, 11) is 0. The second kappa shape index (κ2) is 4.99. The summed E-state index contributed by atoms with van der Waals surface area (Å²) in [5.41, 5.74) is 9.20. The van der Waals surface area contributed by atoms with Crippen LogP contribution in [-0.2, 0) is 0 Å². The highest BCUT2D eigenvalue weighted by atomic mass is 16.5. The number of rotatable bonds is 3. The molecule has 94 valence electrons. The van der Waals surface area contributed by atoms with Crippen LogP contribution in [-0.4, -0.2) is 6.10 Å². The molecule has 0 spiro atoms. The lowest BCUT2D eigenvalue weighted by Crippen LogP contribution is -2.13. The minimum atomic E-state index is 0.413. The molecule has 1 aliphatic carbocycles. The molecular formula is C15H23NO. The van der Waals surface area contributed by atoms with Crippen molar-refractivity contribution in [2.24, 2.45) is 0 Å². The first-order valence-corrected chi connectivity index (χ1v) is 6.64. The first-order valence-electron chi connectivity index (χ1n) is 6.64. The van der Waals surface area contributed by atoms with Gasteiger partial charge in [0, 0.05) is 5.69 Å². The van der Waals surface area contributed by atoms with Gasteiger partial charge in [-0.25, -0.2) is 0 Å². The standard InChI is InChI=1S/C15H23NO/c1-10(2)13-9-14(16)11(3)8-15(13)17-12-6-4-5-7-12/h8-10,12H,4-7,16H2,1-3H3. The highest BCUT2D eigenvalue weighted by molar-refractivity contribution is 5.55. The molecule has 1 fully saturated rings. The Morgan fingerprint density at radius 2 is 1.88 bits per heavy atom. The average Bonchev–Trinajstić information content (AvgIpc) is 2.75. The molecule has 1 aliphatic rings. The maximum absolute atomic E-state index is 6.15. The zero-order chi connectivity index (χ0) is 12.4. The molecule has 2 N–H and O–H groups in total. The third kappa shape index (κ3) is 2.74. The lowest BCUT2D eigenvalue weighted by molar-refractivity contribution is 0.207. The fourth-order valence-electron chi connectivity index (χ4n) is 2.45. The predicted molar refractivity (Wildman–Crippen MR) is 72.6 cm³/mol. The van der Waals surface area contributed by atoms with Crippen LogP contribution in [0.25, 0.3) is 0 Å². The van der Waals surface area contributed by atoms with Gasteiger partial charge in [0.05, 0.1) is 6.10 Å². The Hall–Kier alpha value is -1.18. The van der Waals surface area contributed by atoms with Gasteiger partial charge in [0.2, 0.25) is 0 Å². The molecule has 0 bridgehead atoms. The Balaban J connectivity index is 2.26. The molecule has 2 nitrogen and oxygen atoms in total. The van der Waals surface area contributed by atoms with Crippen molar-refractivity contribution in [2.45, 2.75) is 58.5 Å². The van der Waals surface area contributed by atoms with Gasteiger partial charge in [-0.15, -0.1) is 0 Å². The van der Waals surface area contributed by atoms with E-state index >= 15 is 0 Å². The predicted octanol–water partition coefficient (Wildman–Crippen LogP) is 4.02. The zero-order valence-electron chi connectivity index (χ0n) is 11.1. The highest BCUT2D eigenvalue weighted by Crippen LogP contribution is 2.33. The van der Waals surface area contributed by atoms with Crippen molar-refractivity contribution in [3.05, 3.63) is 23.3 Å². The number of nitrogens with two attached hydrogens (primary N) is 1. The number of hydrogen-bond acceptors (Lipinski definition) is 2. The van der Waals surface area contributed by atoms with Crippen LogP contribution in [0, 0.1) is 6.92 Å². The molecule has 0 amide bonds. The number of hydrogen-bond donors (Lipinski definition) is 1. The van der Waals surface area contributed by atoms with E-state index < -0.39 is 0 Å². The monoisotopic (exact) mass is 233 g/mol. The SMILES string of the molecule is Cc1cc(OC2CCCC2)c(C(C)C)cc1N. The number of anilines is 1. The lowest BCUT2D eigenvalue weighted by atomic mass is 9.99. The Morgan fingerprint density at radius 3 is 2.47 bits per heavy atom. The maximum Gasteiger partial charge on any atom is 0.123 e. The van der Waals surface area contributed by atoms with Gasteiger partial charge in [-0.05, 0) is 61.8 Å². The van der Waals surface area contributed by atoms with Crippen LogP contribution in [0.3, 0.4) is 0 Å². The van der Waals surface area contributed by atoms with Crippen LogP contribution in [0.4, 0.5) is 5.69 Å². The molecule has 1 aromatic carbocycles. The molecule has 1 aromatic rings. The summed E-state index contributed by atoms with van der Waals surface area (Å²) in [5.74, 6) is 1.49. The molecule has 2 rings (SSSR count). The molecule has 1 saturated carbocycles. The third-order valence-corrected chi connectivity index (χ3v) is 3.62. The third-order valence-electron chi connectivity index (χ3n) is 3.62. The van der Waals surface area contributed by atoms with Crippen molar-refractivity contribution in [3.8, 4) is 5.75 Å². The van der Waals surface area contributed by atoms with Gasteiger partial charge in [0.1, 0.15) is 5.75 Å². The summed E-state index contributed by atoms with van der Waals surface area (Å²) in [6, 6.07) is 4.17. The zero-order valence-corrected chi connectivity index (χ0v) is 11.1. The molecule has 0 radical (unpaired) electrons. The van der Waals surface area contributed by atoms with E-state index in [9.17, 15) is 0 Å². The first kappa shape index (κ1) is 12.3. The van der Waals surface area contributed by atoms with E-state index in [4.69, 9.17) is 10.5 Å². The second-order valence-corrected chi connectivity index (χ2v) is 5.43. The summed E-state index contributed by atoms with van der Waals surface area (Å²) >= 11 is 0. The fraction of sp³-hybridized carbons (Fsp3) is 0.600. The van der Waals surface area contributed by atoms with E-state index in [0.717, 1.165) is 17.0 Å². The molecule has 0 heterocycles. The quantitative estimate of drug-likeness (QED) is 0.800. The van der Waals surface area contributed by atoms with E-state index in [1.165, 1.54) is 31.2 Å². The number of ether oxygens (including phenoxy) is 1. The number of benzene rings is 1. The second-order valence-electron chi connectivity index (χ2n) is 5.43. The molecule has 0 atom stereocenters. The van der Waals surface area contributed by atoms with E-state index in [2.05, 4.69) is 26.0 Å². The topological polar surface area (TPSA) is 35.2 Å². The Labute approximate surface area is 104 Å². The summed E-state index contributed by atoms with van der Waals surface area (Å²) < 4.78 is 6.15. The Morgan fingerprint density at radius 1 is 1.24 bits per heavy atom. The van der Waals surface area contributed by atoms with Gasteiger partial charge in [-0.2, -0.15) is 0 Å². The van der Waals surface area contributed by atoms with Gasteiger partial charge in [-0.3, -0.25) is 0 Å². The smallest absolute Gasteiger partial charge is 0.123 e. The van der Waals surface area contributed by atoms with Crippen molar-refractivity contribution < 1.29 is 4.74 Å². The van der Waals surface area contributed by atoms with Gasteiger partial charge >= 0.3 is 0 Å². The fourth-order valence-corrected chi connectivity index (χ4v) is 2.45. The van der Waals surface area contributed by atoms with Gasteiger partial charge in [-0.1, -0.05) is 13.8 Å².